The molecule has 2 atom stereocenters. The molecule has 1 fully saturated rings. The molecule has 0 spiro atoms. The van der Waals surface area contributed by atoms with Gasteiger partial charge in [0.25, 0.3) is 0 Å². The molecule has 1 aliphatic rings. The molecule has 32 heavy (non-hydrogen) atoms. The van der Waals surface area contributed by atoms with E-state index in [1.54, 1.807) is 12.5 Å². The van der Waals surface area contributed by atoms with Gasteiger partial charge in [0.15, 0.2) is 5.82 Å². The lowest BCUT2D eigenvalue weighted by atomic mass is 10.1. The Labute approximate surface area is 184 Å². The molecule has 1 aliphatic carbocycles. The average Bonchev–Trinajstić information content (AvgIpc) is 3.26. The van der Waals surface area contributed by atoms with Crippen LogP contribution in [-0.2, 0) is 6.54 Å². The van der Waals surface area contributed by atoms with Gasteiger partial charge in [-0.1, -0.05) is 36.4 Å². The lowest BCUT2D eigenvalue weighted by Crippen LogP contribution is -2.05. The number of H-pyrrole nitrogens is 2. The number of imidazole rings is 1. The van der Waals surface area contributed by atoms with E-state index in [1.165, 1.54) is 5.56 Å². The predicted octanol–water partition coefficient (Wildman–Crippen LogP) is 4.70. The van der Waals surface area contributed by atoms with Crippen LogP contribution in [0.4, 0.5) is 17.6 Å². The minimum absolute atomic E-state index is 0.496. The van der Waals surface area contributed by atoms with Crippen LogP contribution in [0.5, 0.6) is 0 Å². The summed E-state index contributed by atoms with van der Waals surface area (Å²) in [5.41, 5.74) is 5.64. The van der Waals surface area contributed by atoms with E-state index < -0.39 is 0 Å². The molecule has 6 rings (SSSR count). The molecule has 158 valence electrons. The molecular formula is C24H22N8. The van der Waals surface area contributed by atoms with Crippen molar-refractivity contribution in [2.24, 2.45) is 0 Å². The molecule has 3 aromatic heterocycles. The molecule has 5 aromatic rings. The third-order valence-electron chi connectivity index (χ3n) is 5.86. The third kappa shape index (κ3) is 3.78. The molecule has 3 heterocycles. The molecule has 8 heteroatoms. The molecule has 0 bridgehead atoms. The second kappa shape index (κ2) is 7.81. The van der Waals surface area contributed by atoms with Crippen molar-refractivity contribution in [2.75, 3.05) is 10.6 Å². The quantitative estimate of drug-likeness (QED) is 0.303. The first-order valence-corrected chi connectivity index (χ1v) is 10.7. The third-order valence-corrected chi connectivity index (χ3v) is 5.86. The Morgan fingerprint density at radius 3 is 2.81 bits per heavy atom. The van der Waals surface area contributed by atoms with Gasteiger partial charge < -0.3 is 15.6 Å². The fourth-order valence-electron chi connectivity index (χ4n) is 4.12. The van der Waals surface area contributed by atoms with Gasteiger partial charge >= 0.3 is 0 Å². The van der Waals surface area contributed by atoms with Crippen LogP contribution in [0.25, 0.3) is 11.0 Å². The Morgan fingerprint density at radius 1 is 0.938 bits per heavy atom. The van der Waals surface area contributed by atoms with Crippen LogP contribution < -0.4 is 10.6 Å². The monoisotopic (exact) mass is 422 g/mol. The van der Waals surface area contributed by atoms with Crippen molar-refractivity contribution < 1.29 is 0 Å². The highest BCUT2D eigenvalue weighted by atomic mass is 15.2. The molecule has 8 nitrogen and oxygen atoms in total. The van der Waals surface area contributed by atoms with E-state index in [-0.39, 0.29) is 0 Å². The first kappa shape index (κ1) is 18.6. The van der Waals surface area contributed by atoms with Crippen molar-refractivity contribution in [3.63, 3.8) is 0 Å². The highest BCUT2D eigenvalue weighted by molar-refractivity contribution is 5.75. The lowest BCUT2D eigenvalue weighted by Gasteiger charge is -2.07. The zero-order chi connectivity index (χ0) is 21.3. The summed E-state index contributed by atoms with van der Waals surface area (Å²) in [6, 6.07) is 20.7. The summed E-state index contributed by atoms with van der Waals surface area (Å²) in [5.74, 6) is 3.07. The maximum Gasteiger partial charge on any atom is 0.224 e. The van der Waals surface area contributed by atoms with E-state index in [4.69, 9.17) is 0 Å². The standard InChI is InChI=1S/C24H22N8/c1-2-4-16(5-3-1)17-11-18(17)20-12-23(32-31-20)29-22-8-9-25-24(30-22)26-13-15-6-7-19-21(10-15)28-14-27-19/h1-10,12,14,17-18H,11,13H2,(H,27,28)(H3,25,26,29,30,31,32). The highest BCUT2D eigenvalue weighted by Crippen LogP contribution is 2.54. The summed E-state index contributed by atoms with van der Waals surface area (Å²) in [6.07, 6.45) is 4.58. The van der Waals surface area contributed by atoms with E-state index in [1.807, 2.05) is 18.2 Å². The van der Waals surface area contributed by atoms with Crippen LogP contribution in [0.3, 0.4) is 0 Å². The van der Waals surface area contributed by atoms with Crippen LogP contribution in [0.1, 0.15) is 35.1 Å². The number of hydrogen-bond acceptors (Lipinski definition) is 6. The molecule has 0 radical (unpaired) electrons. The molecule has 2 aromatic carbocycles. The minimum Gasteiger partial charge on any atom is -0.350 e. The zero-order valence-corrected chi connectivity index (χ0v) is 17.3. The van der Waals surface area contributed by atoms with Crippen LogP contribution >= 0.6 is 0 Å². The van der Waals surface area contributed by atoms with Gasteiger partial charge in [0.2, 0.25) is 5.95 Å². The number of aromatic nitrogens is 6. The number of fused-ring (bicyclic) bond motifs is 1. The second-order valence-corrected chi connectivity index (χ2v) is 8.07. The van der Waals surface area contributed by atoms with Gasteiger partial charge in [0.05, 0.1) is 17.4 Å². The SMILES string of the molecule is c1ccc(C2CC2c2cc(Nc3ccnc(NCc4ccc5nc[nH]c5c4)n3)n[nH]2)cc1. The Balaban J connectivity index is 1.09. The van der Waals surface area contributed by atoms with E-state index in [2.05, 4.69) is 83.2 Å². The fourth-order valence-corrected chi connectivity index (χ4v) is 4.12. The van der Waals surface area contributed by atoms with Gasteiger partial charge in [-0.05, 0) is 41.7 Å². The van der Waals surface area contributed by atoms with Gasteiger partial charge in [-0.3, -0.25) is 5.10 Å². The molecule has 0 saturated heterocycles. The van der Waals surface area contributed by atoms with Gasteiger partial charge in [0, 0.05) is 30.4 Å². The number of anilines is 3. The number of rotatable bonds is 7. The van der Waals surface area contributed by atoms with Crippen molar-refractivity contribution in [2.45, 2.75) is 24.8 Å². The number of hydrogen-bond donors (Lipinski definition) is 4. The van der Waals surface area contributed by atoms with Crippen molar-refractivity contribution in [3.8, 4) is 0 Å². The first-order valence-electron chi connectivity index (χ1n) is 10.7. The van der Waals surface area contributed by atoms with Crippen LogP contribution in [0, 0.1) is 0 Å². The summed E-state index contributed by atoms with van der Waals surface area (Å²) in [4.78, 5) is 16.3. The lowest BCUT2D eigenvalue weighted by molar-refractivity contribution is 0.933. The Kier molecular flexibility index (Phi) is 4.53. The molecule has 2 unspecified atom stereocenters. The predicted molar refractivity (Wildman–Crippen MR) is 124 cm³/mol. The minimum atomic E-state index is 0.496. The maximum absolute atomic E-state index is 4.56. The van der Waals surface area contributed by atoms with Gasteiger partial charge in [-0.2, -0.15) is 10.1 Å². The largest absolute Gasteiger partial charge is 0.350 e. The van der Waals surface area contributed by atoms with Crippen LogP contribution in [0.15, 0.2) is 73.2 Å². The summed E-state index contributed by atoms with van der Waals surface area (Å²) in [5, 5.41) is 14.2. The van der Waals surface area contributed by atoms with Gasteiger partial charge in [-0.25, -0.2) is 9.97 Å². The number of aromatic amines is 2. The van der Waals surface area contributed by atoms with Crippen molar-refractivity contribution in [1.29, 1.82) is 0 Å². The molecule has 0 aliphatic heterocycles. The van der Waals surface area contributed by atoms with Crippen LogP contribution in [-0.4, -0.2) is 30.1 Å². The molecule has 1 saturated carbocycles. The first-order chi connectivity index (χ1) is 15.8. The topological polar surface area (TPSA) is 107 Å². The Hall–Kier alpha value is -4.20. The molecule has 4 N–H and O–H groups in total. The van der Waals surface area contributed by atoms with Gasteiger partial charge in [-0.15, -0.1) is 0 Å². The van der Waals surface area contributed by atoms with E-state index >= 15 is 0 Å². The fraction of sp³-hybridized carbons (Fsp3) is 0.167. The van der Waals surface area contributed by atoms with Crippen molar-refractivity contribution in [3.05, 3.63) is 90.0 Å². The maximum atomic E-state index is 4.56. The highest BCUT2D eigenvalue weighted by Gasteiger charge is 2.40. The van der Waals surface area contributed by atoms with E-state index in [9.17, 15) is 0 Å². The van der Waals surface area contributed by atoms with Crippen LogP contribution in [0.2, 0.25) is 0 Å². The van der Waals surface area contributed by atoms with E-state index in [0.717, 1.165) is 34.5 Å². The second-order valence-electron chi connectivity index (χ2n) is 8.07. The number of nitrogens with one attached hydrogen (secondary N) is 4. The van der Waals surface area contributed by atoms with Crippen molar-refractivity contribution in [1.82, 2.24) is 30.1 Å². The summed E-state index contributed by atoms with van der Waals surface area (Å²) < 4.78 is 0. The number of benzene rings is 2. The smallest absolute Gasteiger partial charge is 0.224 e. The summed E-state index contributed by atoms with van der Waals surface area (Å²) in [6.45, 7) is 0.619. The Bertz CT molecular complexity index is 1360. The normalized spacial score (nSPS) is 17.4. The van der Waals surface area contributed by atoms with E-state index in [0.29, 0.717) is 30.1 Å². The molecular weight excluding hydrogens is 400 g/mol. The number of nitrogens with zero attached hydrogens (tertiary/aromatic N) is 4. The van der Waals surface area contributed by atoms with Crippen molar-refractivity contribution >= 4 is 28.6 Å². The average molecular weight is 422 g/mol. The van der Waals surface area contributed by atoms with Gasteiger partial charge in [0.1, 0.15) is 5.82 Å². The summed E-state index contributed by atoms with van der Waals surface area (Å²) in [7, 11) is 0. The zero-order valence-electron chi connectivity index (χ0n) is 17.3. The Morgan fingerprint density at radius 2 is 1.88 bits per heavy atom. The summed E-state index contributed by atoms with van der Waals surface area (Å²) >= 11 is 0. The molecule has 0 amide bonds.